The number of benzene rings is 2. The van der Waals surface area contributed by atoms with Crippen LogP contribution in [0.2, 0.25) is 0 Å². The first-order chi connectivity index (χ1) is 18.5. The topological polar surface area (TPSA) is 74.6 Å². The summed E-state index contributed by atoms with van der Waals surface area (Å²) in [6.45, 7) is 12.6. The molecule has 0 atom stereocenters. The Morgan fingerprint density at radius 3 is 2.42 bits per heavy atom. The highest BCUT2D eigenvalue weighted by Crippen LogP contribution is 2.26. The van der Waals surface area contributed by atoms with Crippen molar-refractivity contribution in [3.05, 3.63) is 77.7 Å². The molecule has 2 heterocycles. The minimum Gasteiger partial charge on any atom is -0.352 e. The minimum atomic E-state index is -0.0238. The summed E-state index contributed by atoms with van der Waals surface area (Å²) in [4.78, 5) is 24.5. The Hall–Kier alpha value is -3.71. The molecule has 0 saturated carbocycles. The lowest BCUT2D eigenvalue weighted by molar-refractivity contribution is 0.0952. The van der Waals surface area contributed by atoms with Crippen LogP contribution in [-0.4, -0.2) is 51.4 Å². The molecule has 0 radical (unpaired) electrons. The minimum absolute atomic E-state index is 0.0238. The van der Waals surface area contributed by atoms with Gasteiger partial charge < -0.3 is 15.5 Å². The molecule has 0 aliphatic carbocycles. The molecule has 4 rings (SSSR count). The number of hydrogen-bond donors (Lipinski definition) is 2. The highest BCUT2D eigenvalue weighted by atomic mass is 16.1. The number of aryl methyl sites for hydroxylation is 2. The summed E-state index contributed by atoms with van der Waals surface area (Å²) in [5.41, 5.74) is 6.57. The van der Waals surface area contributed by atoms with Crippen LogP contribution in [0.3, 0.4) is 0 Å². The van der Waals surface area contributed by atoms with Crippen LogP contribution >= 0.6 is 0 Å². The van der Waals surface area contributed by atoms with Crippen molar-refractivity contribution in [2.75, 3.05) is 31.5 Å². The number of nitrogens with zero attached hydrogens (tertiary/aromatic N) is 4. The van der Waals surface area contributed by atoms with Crippen molar-refractivity contribution < 1.29 is 4.79 Å². The van der Waals surface area contributed by atoms with Crippen LogP contribution in [0.5, 0.6) is 0 Å². The average molecular weight is 513 g/mol. The first-order valence-corrected chi connectivity index (χ1v) is 13.8. The summed E-state index contributed by atoms with van der Waals surface area (Å²) in [5, 5.41) is 6.48. The van der Waals surface area contributed by atoms with Gasteiger partial charge in [-0.2, -0.15) is 0 Å². The van der Waals surface area contributed by atoms with Gasteiger partial charge in [0.15, 0.2) is 11.5 Å². The number of hydrogen-bond acceptors (Lipinski definition) is 5. The second-order valence-electron chi connectivity index (χ2n) is 9.94. The second kappa shape index (κ2) is 13.2. The monoisotopic (exact) mass is 512 g/mol. The molecule has 0 aliphatic heterocycles. The largest absolute Gasteiger partial charge is 0.352 e. The van der Waals surface area contributed by atoms with Gasteiger partial charge in [-0.25, -0.2) is 9.97 Å². The van der Waals surface area contributed by atoms with E-state index in [4.69, 9.17) is 0 Å². The molecular formula is C31H40N6O. The van der Waals surface area contributed by atoms with E-state index < -0.39 is 0 Å². The molecule has 0 saturated heterocycles. The maximum Gasteiger partial charge on any atom is 0.251 e. The molecule has 4 aromatic rings. The fourth-order valence-corrected chi connectivity index (χ4v) is 4.80. The molecule has 38 heavy (non-hydrogen) atoms. The summed E-state index contributed by atoms with van der Waals surface area (Å²) >= 11 is 0. The number of unbranched alkanes of at least 4 members (excludes halogenated alkanes) is 1. The fourth-order valence-electron chi connectivity index (χ4n) is 4.80. The lowest BCUT2D eigenvalue weighted by Gasteiger charge is -2.20. The van der Waals surface area contributed by atoms with Crippen molar-refractivity contribution in [1.29, 1.82) is 0 Å². The Balaban J connectivity index is 1.36. The van der Waals surface area contributed by atoms with Crippen molar-refractivity contribution in [2.45, 2.75) is 53.4 Å². The molecule has 1 amide bonds. The molecule has 0 fully saturated rings. The molecule has 7 heteroatoms. The number of rotatable bonds is 13. The van der Waals surface area contributed by atoms with Crippen LogP contribution in [0.25, 0.3) is 16.9 Å². The summed E-state index contributed by atoms with van der Waals surface area (Å²) < 4.78 is 2.04. The van der Waals surface area contributed by atoms with Gasteiger partial charge in [0.05, 0.1) is 11.9 Å². The zero-order chi connectivity index (χ0) is 26.9. The van der Waals surface area contributed by atoms with Crippen LogP contribution in [0.1, 0.15) is 61.0 Å². The van der Waals surface area contributed by atoms with Gasteiger partial charge in [0.1, 0.15) is 0 Å². The van der Waals surface area contributed by atoms with E-state index in [0.717, 1.165) is 60.6 Å². The maximum atomic E-state index is 12.8. The van der Waals surface area contributed by atoms with Crippen LogP contribution in [0.15, 0.2) is 61.1 Å². The fraction of sp³-hybridized carbons (Fsp3) is 0.387. The van der Waals surface area contributed by atoms with Crippen molar-refractivity contribution in [2.24, 2.45) is 0 Å². The van der Waals surface area contributed by atoms with Crippen LogP contribution in [0, 0.1) is 13.8 Å². The van der Waals surface area contributed by atoms with Crippen molar-refractivity contribution in [3.8, 4) is 11.3 Å². The van der Waals surface area contributed by atoms with Gasteiger partial charge in [-0.15, -0.1) is 0 Å². The van der Waals surface area contributed by atoms with E-state index in [1.165, 1.54) is 18.4 Å². The van der Waals surface area contributed by atoms with Crippen LogP contribution < -0.4 is 10.6 Å². The SMILES string of the molecule is CCCN(CCC)CCCCNC(=O)c1ccc(Nc2nccn3c(-c4ccc(C)cc4)cnc23)cc1C. The molecule has 0 spiro atoms. The molecule has 200 valence electrons. The van der Waals surface area contributed by atoms with E-state index in [1.807, 2.05) is 41.9 Å². The number of aromatic nitrogens is 3. The third kappa shape index (κ3) is 6.78. The smallest absolute Gasteiger partial charge is 0.251 e. The molecule has 7 nitrogen and oxygen atoms in total. The molecule has 0 aliphatic rings. The van der Waals surface area contributed by atoms with E-state index in [-0.39, 0.29) is 5.91 Å². The van der Waals surface area contributed by atoms with Crippen molar-refractivity contribution >= 4 is 23.1 Å². The first kappa shape index (κ1) is 27.3. The van der Waals surface area contributed by atoms with Gasteiger partial charge in [0.25, 0.3) is 5.91 Å². The van der Waals surface area contributed by atoms with Gasteiger partial charge >= 0.3 is 0 Å². The van der Waals surface area contributed by atoms with Crippen molar-refractivity contribution in [1.82, 2.24) is 24.6 Å². The molecule has 2 N–H and O–H groups in total. The second-order valence-corrected chi connectivity index (χ2v) is 9.94. The van der Waals surface area contributed by atoms with E-state index >= 15 is 0 Å². The standard InChI is InChI=1S/C31H40N6O/c1-5-17-36(18-6-2)19-8-7-15-33-31(38)27-14-13-26(21-24(27)4)35-29-30-34-22-28(37(30)20-16-32-29)25-11-9-23(3)10-12-25/h9-14,16,20-22H,5-8,15,17-19H2,1-4H3,(H,32,35)(H,33,38). The Kier molecular flexibility index (Phi) is 9.49. The molecule has 0 bridgehead atoms. The lowest BCUT2D eigenvalue weighted by Crippen LogP contribution is -2.28. The Morgan fingerprint density at radius 2 is 1.71 bits per heavy atom. The van der Waals surface area contributed by atoms with Gasteiger partial charge in [0, 0.05) is 35.8 Å². The van der Waals surface area contributed by atoms with E-state index in [0.29, 0.717) is 17.9 Å². The Labute approximate surface area is 226 Å². The quantitative estimate of drug-likeness (QED) is 0.203. The van der Waals surface area contributed by atoms with Gasteiger partial charge in [-0.3, -0.25) is 9.20 Å². The lowest BCUT2D eigenvalue weighted by atomic mass is 10.1. The zero-order valence-corrected chi connectivity index (χ0v) is 23.1. The molecule has 0 unspecified atom stereocenters. The van der Waals surface area contributed by atoms with E-state index in [9.17, 15) is 4.79 Å². The van der Waals surface area contributed by atoms with Crippen molar-refractivity contribution in [3.63, 3.8) is 0 Å². The Bertz CT molecular complexity index is 1340. The zero-order valence-electron chi connectivity index (χ0n) is 23.1. The summed E-state index contributed by atoms with van der Waals surface area (Å²) in [6, 6.07) is 14.2. The predicted octanol–water partition coefficient (Wildman–Crippen LogP) is 6.39. The van der Waals surface area contributed by atoms with E-state index in [1.54, 1.807) is 6.20 Å². The molecule has 2 aromatic heterocycles. The number of amides is 1. The van der Waals surface area contributed by atoms with Gasteiger partial charge in [-0.1, -0.05) is 43.7 Å². The predicted molar refractivity (Wildman–Crippen MR) is 156 cm³/mol. The number of carbonyl (C=O) groups excluding carboxylic acids is 1. The van der Waals surface area contributed by atoms with Gasteiger partial charge in [0.2, 0.25) is 0 Å². The number of fused-ring (bicyclic) bond motifs is 1. The summed E-state index contributed by atoms with van der Waals surface area (Å²) in [7, 11) is 0. The first-order valence-electron chi connectivity index (χ1n) is 13.8. The molecule has 2 aromatic carbocycles. The molecular weight excluding hydrogens is 472 g/mol. The number of nitrogens with one attached hydrogen (secondary N) is 2. The number of carbonyl (C=O) groups is 1. The number of anilines is 2. The number of imidazole rings is 1. The highest BCUT2D eigenvalue weighted by molar-refractivity contribution is 5.96. The normalized spacial score (nSPS) is 11.3. The maximum absolute atomic E-state index is 12.8. The van der Waals surface area contributed by atoms with Gasteiger partial charge in [-0.05, 0) is 82.9 Å². The third-order valence-electron chi connectivity index (χ3n) is 6.78. The Morgan fingerprint density at radius 1 is 0.947 bits per heavy atom. The van der Waals surface area contributed by atoms with Crippen LogP contribution in [-0.2, 0) is 0 Å². The van der Waals surface area contributed by atoms with E-state index in [2.05, 4.69) is 70.5 Å². The summed E-state index contributed by atoms with van der Waals surface area (Å²) in [6.07, 6.45) is 10.0. The highest BCUT2D eigenvalue weighted by Gasteiger charge is 2.13. The van der Waals surface area contributed by atoms with Crippen LogP contribution in [0.4, 0.5) is 11.5 Å². The third-order valence-corrected chi connectivity index (χ3v) is 6.78. The average Bonchev–Trinajstić information content (AvgIpc) is 3.34. The summed E-state index contributed by atoms with van der Waals surface area (Å²) in [5.74, 6) is 0.645.